The van der Waals surface area contributed by atoms with Crippen LogP contribution in [0.25, 0.3) is 0 Å². The molecule has 0 aliphatic rings. The molecule has 0 saturated carbocycles. The fourth-order valence-electron chi connectivity index (χ4n) is 1.45. The lowest BCUT2D eigenvalue weighted by molar-refractivity contribution is -0.139. The molecule has 1 aromatic rings. The summed E-state index contributed by atoms with van der Waals surface area (Å²) in [5.74, 6) is -1.17. The van der Waals surface area contributed by atoms with Crippen molar-refractivity contribution >= 4 is 12.0 Å². The SMILES string of the molecule is O=C(NCCc1ccccn1)N[C@@H](CCO)C(=O)O. The van der Waals surface area contributed by atoms with Gasteiger partial charge in [0.1, 0.15) is 6.04 Å². The van der Waals surface area contributed by atoms with Gasteiger partial charge in [-0.15, -0.1) is 0 Å². The maximum atomic E-state index is 11.4. The van der Waals surface area contributed by atoms with Crippen molar-refractivity contribution in [3.63, 3.8) is 0 Å². The van der Waals surface area contributed by atoms with E-state index in [1.54, 1.807) is 12.3 Å². The van der Waals surface area contributed by atoms with E-state index in [0.717, 1.165) is 5.69 Å². The largest absolute Gasteiger partial charge is 0.480 e. The number of urea groups is 1. The Morgan fingerprint density at radius 2 is 2.16 bits per heavy atom. The lowest BCUT2D eigenvalue weighted by Crippen LogP contribution is -2.46. The van der Waals surface area contributed by atoms with E-state index in [9.17, 15) is 9.59 Å². The number of hydrogen-bond acceptors (Lipinski definition) is 4. The third-order valence-electron chi connectivity index (χ3n) is 2.41. The summed E-state index contributed by atoms with van der Waals surface area (Å²) in [7, 11) is 0. The van der Waals surface area contributed by atoms with Gasteiger partial charge in [0.05, 0.1) is 0 Å². The number of nitrogens with zero attached hydrogens (tertiary/aromatic N) is 1. The molecule has 0 aromatic carbocycles. The van der Waals surface area contributed by atoms with Crippen LogP contribution in [0.15, 0.2) is 24.4 Å². The van der Waals surface area contributed by atoms with Crippen molar-refractivity contribution in [1.82, 2.24) is 15.6 Å². The molecule has 19 heavy (non-hydrogen) atoms. The molecule has 7 heteroatoms. The van der Waals surface area contributed by atoms with Crippen LogP contribution in [0.4, 0.5) is 4.79 Å². The zero-order valence-corrected chi connectivity index (χ0v) is 10.4. The Hall–Kier alpha value is -2.15. The number of pyridine rings is 1. The highest BCUT2D eigenvalue weighted by atomic mass is 16.4. The Balaban J connectivity index is 2.29. The zero-order chi connectivity index (χ0) is 14.1. The number of carbonyl (C=O) groups excluding carboxylic acids is 1. The number of nitrogens with one attached hydrogen (secondary N) is 2. The van der Waals surface area contributed by atoms with Gasteiger partial charge in [0, 0.05) is 37.9 Å². The fraction of sp³-hybridized carbons (Fsp3) is 0.417. The lowest BCUT2D eigenvalue weighted by atomic mass is 10.2. The van der Waals surface area contributed by atoms with Crippen LogP contribution in [0, 0.1) is 0 Å². The minimum atomic E-state index is -1.17. The minimum absolute atomic E-state index is 0.0248. The van der Waals surface area contributed by atoms with E-state index in [0.29, 0.717) is 13.0 Å². The number of carboxylic acids is 1. The van der Waals surface area contributed by atoms with Crippen molar-refractivity contribution in [2.45, 2.75) is 18.9 Å². The average molecular weight is 267 g/mol. The second kappa shape index (κ2) is 8.04. The molecule has 1 rings (SSSR count). The lowest BCUT2D eigenvalue weighted by Gasteiger charge is -2.13. The van der Waals surface area contributed by atoms with Gasteiger partial charge < -0.3 is 20.8 Å². The first-order chi connectivity index (χ1) is 9.13. The van der Waals surface area contributed by atoms with Gasteiger partial charge in [-0.05, 0) is 12.1 Å². The summed E-state index contributed by atoms with van der Waals surface area (Å²) in [5.41, 5.74) is 0.841. The van der Waals surface area contributed by atoms with Crippen LogP contribution in [-0.4, -0.2) is 46.4 Å². The number of carbonyl (C=O) groups is 2. The number of aliphatic hydroxyl groups excluding tert-OH is 1. The quantitative estimate of drug-likeness (QED) is 0.544. The summed E-state index contributed by atoms with van der Waals surface area (Å²) in [6, 6.07) is 3.84. The molecule has 4 N–H and O–H groups in total. The molecule has 104 valence electrons. The number of aromatic nitrogens is 1. The number of hydrogen-bond donors (Lipinski definition) is 4. The van der Waals surface area contributed by atoms with E-state index in [-0.39, 0.29) is 13.0 Å². The third kappa shape index (κ3) is 5.82. The smallest absolute Gasteiger partial charge is 0.326 e. The Labute approximate surface area is 110 Å². The summed E-state index contributed by atoms with van der Waals surface area (Å²) < 4.78 is 0. The maximum Gasteiger partial charge on any atom is 0.326 e. The van der Waals surface area contributed by atoms with Crippen LogP contribution >= 0.6 is 0 Å². The Kier molecular flexibility index (Phi) is 6.31. The summed E-state index contributed by atoms with van der Waals surface area (Å²) in [4.78, 5) is 26.3. The predicted octanol–water partition coefficient (Wildman–Crippen LogP) is -0.241. The van der Waals surface area contributed by atoms with Crippen molar-refractivity contribution in [2.24, 2.45) is 0 Å². The van der Waals surface area contributed by atoms with Crippen LogP contribution < -0.4 is 10.6 Å². The second-order valence-electron chi connectivity index (χ2n) is 3.87. The normalized spacial score (nSPS) is 11.6. The molecule has 0 aliphatic carbocycles. The highest BCUT2D eigenvalue weighted by Crippen LogP contribution is 1.94. The summed E-state index contributed by atoms with van der Waals surface area (Å²) in [6.45, 7) is 0.0551. The first kappa shape index (κ1) is 14.9. The van der Waals surface area contributed by atoms with Crippen molar-refractivity contribution in [2.75, 3.05) is 13.2 Å². The third-order valence-corrected chi connectivity index (χ3v) is 2.41. The molecule has 0 spiro atoms. The Morgan fingerprint density at radius 3 is 2.74 bits per heavy atom. The highest BCUT2D eigenvalue weighted by molar-refractivity contribution is 5.82. The topological polar surface area (TPSA) is 112 Å². The van der Waals surface area contributed by atoms with E-state index < -0.39 is 18.0 Å². The molecule has 0 fully saturated rings. The van der Waals surface area contributed by atoms with E-state index >= 15 is 0 Å². The van der Waals surface area contributed by atoms with Gasteiger partial charge in [0.15, 0.2) is 0 Å². The number of amides is 2. The van der Waals surface area contributed by atoms with Gasteiger partial charge >= 0.3 is 12.0 Å². The molecule has 1 aromatic heterocycles. The standard InChI is InChI=1S/C12H17N3O4/c16-8-5-10(11(17)18)15-12(19)14-7-4-9-3-1-2-6-13-9/h1-3,6,10,16H,4-5,7-8H2,(H,17,18)(H2,14,15,19)/t10-/m0/s1. The Morgan fingerprint density at radius 1 is 1.37 bits per heavy atom. The second-order valence-corrected chi connectivity index (χ2v) is 3.87. The molecular formula is C12H17N3O4. The van der Waals surface area contributed by atoms with Crippen LogP contribution in [0.1, 0.15) is 12.1 Å². The molecule has 0 bridgehead atoms. The minimum Gasteiger partial charge on any atom is -0.480 e. The van der Waals surface area contributed by atoms with Gasteiger partial charge in [-0.2, -0.15) is 0 Å². The van der Waals surface area contributed by atoms with Crippen molar-refractivity contribution in [1.29, 1.82) is 0 Å². The van der Waals surface area contributed by atoms with Crippen LogP contribution in [-0.2, 0) is 11.2 Å². The van der Waals surface area contributed by atoms with E-state index in [1.165, 1.54) is 0 Å². The number of carboxylic acid groups (broad SMARTS) is 1. The molecule has 0 unspecified atom stereocenters. The van der Waals surface area contributed by atoms with Gasteiger partial charge in [-0.25, -0.2) is 9.59 Å². The fourth-order valence-corrected chi connectivity index (χ4v) is 1.45. The Bertz CT molecular complexity index is 411. The zero-order valence-electron chi connectivity index (χ0n) is 10.4. The van der Waals surface area contributed by atoms with Crippen LogP contribution in [0.5, 0.6) is 0 Å². The molecule has 2 amide bonds. The van der Waals surface area contributed by atoms with Crippen molar-refractivity contribution < 1.29 is 19.8 Å². The van der Waals surface area contributed by atoms with E-state index in [2.05, 4.69) is 15.6 Å². The van der Waals surface area contributed by atoms with Crippen molar-refractivity contribution in [3.8, 4) is 0 Å². The maximum absolute atomic E-state index is 11.4. The van der Waals surface area contributed by atoms with Gasteiger partial charge in [-0.1, -0.05) is 6.07 Å². The number of aliphatic carboxylic acids is 1. The molecule has 0 saturated heterocycles. The van der Waals surface area contributed by atoms with Gasteiger partial charge in [0.2, 0.25) is 0 Å². The van der Waals surface area contributed by atoms with Crippen LogP contribution in [0.2, 0.25) is 0 Å². The summed E-state index contributed by atoms with van der Waals surface area (Å²) in [6.07, 6.45) is 2.20. The molecule has 0 radical (unpaired) electrons. The number of aliphatic hydroxyl groups is 1. The number of rotatable bonds is 7. The van der Waals surface area contributed by atoms with Gasteiger partial charge in [0.25, 0.3) is 0 Å². The molecule has 7 nitrogen and oxygen atoms in total. The molecular weight excluding hydrogens is 250 g/mol. The summed E-state index contributed by atoms with van der Waals surface area (Å²) in [5, 5.41) is 22.3. The van der Waals surface area contributed by atoms with E-state index in [4.69, 9.17) is 10.2 Å². The average Bonchev–Trinajstić information content (AvgIpc) is 2.39. The first-order valence-corrected chi connectivity index (χ1v) is 5.91. The monoisotopic (exact) mass is 267 g/mol. The highest BCUT2D eigenvalue weighted by Gasteiger charge is 2.18. The van der Waals surface area contributed by atoms with Crippen molar-refractivity contribution in [3.05, 3.63) is 30.1 Å². The van der Waals surface area contributed by atoms with Gasteiger partial charge in [-0.3, -0.25) is 4.98 Å². The van der Waals surface area contributed by atoms with E-state index in [1.807, 2.05) is 12.1 Å². The predicted molar refractivity (Wildman–Crippen MR) is 67.6 cm³/mol. The molecule has 1 atom stereocenters. The summed E-state index contributed by atoms with van der Waals surface area (Å²) >= 11 is 0. The van der Waals surface area contributed by atoms with Crippen LogP contribution in [0.3, 0.4) is 0 Å². The molecule has 1 heterocycles. The molecule has 0 aliphatic heterocycles. The first-order valence-electron chi connectivity index (χ1n) is 5.91.